The van der Waals surface area contributed by atoms with E-state index in [0.717, 1.165) is 36.3 Å². The minimum atomic E-state index is -0.378. The number of anilines is 1. The fourth-order valence-corrected chi connectivity index (χ4v) is 2.31. The third-order valence-corrected chi connectivity index (χ3v) is 2.95. The first-order chi connectivity index (χ1) is 7.58. The Balaban J connectivity index is 2.44. The predicted octanol–water partition coefficient (Wildman–Crippen LogP) is 2.58. The number of hydrogen-bond acceptors (Lipinski definition) is 3. The summed E-state index contributed by atoms with van der Waals surface area (Å²) in [5.41, 5.74) is 4.21. The number of nitrogens with one attached hydrogen (secondary N) is 1. The number of pyridine rings is 1. The van der Waals surface area contributed by atoms with Crippen LogP contribution in [0, 0.1) is 6.92 Å². The van der Waals surface area contributed by atoms with Gasteiger partial charge in [0.15, 0.2) is 0 Å². The molecule has 0 fully saturated rings. The summed E-state index contributed by atoms with van der Waals surface area (Å²) in [6, 6.07) is 2.49. The molecule has 3 heteroatoms. The zero-order valence-electron chi connectivity index (χ0n) is 10.2. The van der Waals surface area contributed by atoms with E-state index in [-0.39, 0.29) is 6.10 Å². The van der Waals surface area contributed by atoms with Crippen molar-refractivity contribution in [2.45, 2.75) is 52.2 Å². The van der Waals surface area contributed by atoms with E-state index in [1.165, 1.54) is 5.56 Å². The van der Waals surface area contributed by atoms with Crippen LogP contribution in [0.1, 0.15) is 49.7 Å². The van der Waals surface area contributed by atoms with E-state index in [1.54, 1.807) is 0 Å². The molecule has 1 unspecified atom stereocenters. The first-order valence-electron chi connectivity index (χ1n) is 6.03. The van der Waals surface area contributed by atoms with Crippen molar-refractivity contribution in [1.29, 1.82) is 0 Å². The molecule has 0 bridgehead atoms. The quantitative estimate of drug-likeness (QED) is 0.805. The fraction of sp³-hybridized carbons (Fsp3) is 0.615. The lowest BCUT2D eigenvalue weighted by Gasteiger charge is -2.25. The van der Waals surface area contributed by atoms with Gasteiger partial charge in [0.1, 0.15) is 0 Å². The molecule has 1 aromatic heterocycles. The second kappa shape index (κ2) is 4.42. The first-order valence-corrected chi connectivity index (χ1v) is 6.03. The fourth-order valence-electron chi connectivity index (χ4n) is 2.31. The van der Waals surface area contributed by atoms with E-state index in [4.69, 9.17) is 0 Å². The molecule has 2 rings (SSSR count). The van der Waals surface area contributed by atoms with Gasteiger partial charge in [0.05, 0.1) is 11.8 Å². The average Bonchev–Trinajstić information content (AvgIpc) is 2.18. The Morgan fingerprint density at radius 1 is 1.50 bits per heavy atom. The first kappa shape index (κ1) is 11.4. The predicted molar refractivity (Wildman–Crippen MR) is 65.6 cm³/mol. The highest BCUT2D eigenvalue weighted by Gasteiger charge is 2.22. The minimum absolute atomic E-state index is 0.378. The second-order valence-corrected chi connectivity index (χ2v) is 4.88. The lowest BCUT2D eigenvalue weighted by Crippen LogP contribution is -2.18. The molecular weight excluding hydrogens is 200 g/mol. The number of aliphatic hydroxyl groups is 1. The van der Waals surface area contributed by atoms with Crippen molar-refractivity contribution in [2.24, 2.45) is 0 Å². The molecule has 0 saturated carbocycles. The van der Waals surface area contributed by atoms with E-state index < -0.39 is 0 Å². The van der Waals surface area contributed by atoms with E-state index in [2.05, 4.69) is 30.2 Å². The summed E-state index contributed by atoms with van der Waals surface area (Å²) < 4.78 is 0. The number of rotatable bonds is 2. The van der Waals surface area contributed by atoms with Crippen LogP contribution < -0.4 is 5.32 Å². The molecule has 1 atom stereocenters. The molecule has 0 amide bonds. The molecule has 0 aromatic carbocycles. The molecule has 2 N–H and O–H groups in total. The van der Waals surface area contributed by atoms with E-state index in [0.29, 0.717) is 6.04 Å². The monoisotopic (exact) mass is 220 g/mol. The summed E-state index contributed by atoms with van der Waals surface area (Å²) in [4.78, 5) is 4.47. The Morgan fingerprint density at radius 2 is 2.25 bits per heavy atom. The van der Waals surface area contributed by atoms with Gasteiger partial charge in [-0.25, -0.2) is 0 Å². The summed E-state index contributed by atoms with van der Waals surface area (Å²) >= 11 is 0. The lowest BCUT2D eigenvalue weighted by molar-refractivity contribution is 0.151. The summed E-state index contributed by atoms with van der Waals surface area (Å²) in [7, 11) is 0. The van der Waals surface area contributed by atoms with E-state index in [1.807, 2.05) is 6.92 Å². The van der Waals surface area contributed by atoms with Gasteiger partial charge in [0.2, 0.25) is 0 Å². The van der Waals surface area contributed by atoms with Gasteiger partial charge in [-0.05, 0) is 51.7 Å². The molecule has 16 heavy (non-hydrogen) atoms. The number of fused-ring (bicyclic) bond motifs is 1. The zero-order valence-corrected chi connectivity index (χ0v) is 10.2. The summed E-state index contributed by atoms with van der Waals surface area (Å²) in [5, 5.41) is 13.4. The smallest absolute Gasteiger partial charge is 0.0963 e. The molecule has 0 aliphatic heterocycles. The van der Waals surface area contributed by atoms with Crippen molar-refractivity contribution >= 4 is 5.69 Å². The number of aliphatic hydroxyl groups excluding tert-OH is 1. The van der Waals surface area contributed by atoms with E-state index >= 15 is 0 Å². The molecule has 0 spiro atoms. The molecule has 1 aliphatic rings. The SMILES string of the molecule is Cc1cc(NC(C)C)c2c(n1)C(O)CCC2. The van der Waals surface area contributed by atoms with Gasteiger partial charge < -0.3 is 10.4 Å². The highest BCUT2D eigenvalue weighted by molar-refractivity contribution is 5.55. The Morgan fingerprint density at radius 3 is 2.94 bits per heavy atom. The van der Waals surface area contributed by atoms with Crippen LogP contribution in [0.15, 0.2) is 6.07 Å². The number of aryl methyl sites for hydroxylation is 1. The van der Waals surface area contributed by atoms with Crippen LogP contribution in [0.3, 0.4) is 0 Å². The summed E-state index contributed by atoms with van der Waals surface area (Å²) in [5.74, 6) is 0. The van der Waals surface area contributed by atoms with Crippen LogP contribution in [0.2, 0.25) is 0 Å². The Kier molecular flexibility index (Phi) is 3.15. The van der Waals surface area contributed by atoms with Crippen molar-refractivity contribution in [2.75, 3.05) is 5.32 Å². The third-order valence-electron chi connectivity index (χ3n) is 2.95. The van der Waals surface area contributed by atoms with Crippen molar-refractivity contribution < 1.29 is 5.11 Å². The maximum Gasteiger partial charge on any atom is 0.0963 e. The normalized spacial score (nSPS) is 19.7. The van der Waals surface area contributed by atoms with Crippen molar-refractivity contribution in [3.63, 3.8) is 0 Å². The van der Waals surface area contributed by atoms with Gasteiger partial charge in [-0.1, -0.05) is 0 Å². The number of hydrogen-bond donors (Lipinski definition) is 2. The molecule has 0 radical (unpaired) electrons. The number of nitrogens with zero attached hydrogens (tertiary/aromatic N) is 1. The lowest BCUT2D eigenvalue weighted by atomic mass is 9.92. The third kappa shape index (κ3) is 2.19. The molecule has 1 heterocycles. The van der Waals surface area contributed by atoms with Gasteiger partial charge >= 0.3 is 0 Å². The number of aromatic nitrogens is 1. The van der Waals surface area contributed by atoms with Crippen LogP contribution in [-0.4, -0.2) is 16.1 Å². The van der Waals surface area contributed by atoms with E-state index in [9.17, 15) is 5.11 Å². The Hall–Kier alpha value is -1.09. The van der Waals surface area contributed by atoms with Gasteiger partial charge in [0.25, 0.3) is 0 Å². The van der Waals surface area contributed by atoms with Crippen molar-refractivity contribution in [3.8, 4) is 0 Å². The minimum Gasteiger partial charge on any atom is -0.387 e. The largest absolute Gasteiger partial charge is 0.387 e. The Labute approximate surface area is 96.9 Å². The standard InChI is InChI=1S/C13H20N2O/c1-8(2)14-11-7-9(3)15-13-10(11)5-4-6-12(13)16/h7-8,12,16H,4-6H2,1-3H3,(H,14,15). The van der Waals surface area contributed by atoms with Crippen molar-refractivity contribution in [1.82, 2.24) is 4.98 Å². The van der Waals surface area contributed by atoms with Gasteiger partial charge in [-0.2, -0.15) is 0 Å². The van der Waals surface area contributed by atoms with Crippen LogP contribution in [0.4, 0.5) is 5.69 Å². The van der Waals surface area contributed by atoms with Gasteiger partial charge in [-0.15, -0.1) is 0 Å². The van der Waals surface area contributed by atoms with Crippen molar-refractivity contribution in [3.05, 3.63) is 23.0 Å². The summed E-state index contributed by atoms with van der Waals surface area (Å²) in [6.07, 6.45) is 2.53. The topological polar surface area (TPSA) is 45.2 Å². The molecule has 1 aliphatic carbocycles. The molecule has 0 saturated heterocycles. The zero-order chi connectivity index (χ0) is 11.7. The molecule has 88 valence electrons. The highest BCUT2D eigenvalue weighted by atomic mass is 16.3. The van der Waals surface area contributed by atoms with Crippen LogP contribution in [0.5, 0.6) is 0 Å². The average molecular weight is 220 g/mol. The molecular formula is C13H20N2O. The summed E-state index contributed by atoms with van der Waals surface area (Å²) in [6.45, 7) is 6.23. The maximum atomic E-state index is 9.95. The Bertz CT molecular complexity index is 388. The van der Waals surface area contributed by atoms with Crippen LogP contribution in [0.25, 0.3) is 0 Å². The molecule has 1 aromatic rings. The highest BCUT2D eigenvalue weighted by Crippen LogP contribution is 2.33. The molecule has 3 nitrogen and oxygen atoms in total. The van der Waals surface area contributed by atoms with Gasteiger partial charge in [0, 0.05) is 17.4 Å². The van der Waals surface area contributed by atoms with Crippen LogP contribution in [-0.2, 0) is 6.42 Å². The van der Waals surface area contributed by atoms with Crippen LogP contribution >= 0.6 is 0 Å². The maximum absolute atomic E-state index is 9.95. The second-order valence-electron chi connectivity index (χ2n) is 4.88. The van der Waals surface area contributed by atoms with Gasteiger partial charge in [-0.3, -0.25) is 4.98 Å².